The number of likely N-dealkylation sites (tertiary alicyclic amines) is 2. The lowest BCUT2D eigenvalue weighted by Gasteiger charge is -2.37. The molecular formula is C53H62N6O10. The molecule has 0 aliphatic carbocycles. The molecule has 0 radical (unpaired) electrons. The number of carbonyl (C=O) groups is 5. The number of amides is 4. The maximum Gasteiger partial charge on any atom is 0.410 e. The summed E-state index contributed by atoms with van der Waals surface area (Å²) in [4.78, 5) is 84.5. The van der Waals surface area contributed by atoms with E-state index in [9.17, 15) is 24.0 Å². The predicted molar refractivity (Wildman–Crippen MR) is 256 cm³/mol. The number of piperidine rings is 2. The Morgan fingerprint density at radius 3 is 1.83 bits per heavy atom. The zero-order valence-electron chi connectivity index (χ0n) is 40.2. The molecule has 16 nitrogen and oxygen atoms in total. The molecule has 0 spiro atoms. The van der Waals surface area contributed by atoms with Crippen molar-refractivity contribution in [2.45, 2.75) is 116 Å². The van der Waals surface area contributed by atoms with Gasteiger partial charge < -0.3 is 39.0 Å². The summed E-state index contributed by atoms with van der Waals surface area (Å²) < 4.78 is 23.9. The lowest BCUT2D eigenvalue weighted by atomic mass is 10.0. The highest BCUT2D eigenvalue weighted by Gasteiger charge is 2.41. The molecule has 4 heterocycles. The van der Waals surface area contributed by atoms with Crippen LogP contribution in [0.1, 0.15) is 116 Å². The number of hydrogen-bond donors (Lipinski definition) is 1. The van der Waals surface area contributed by atoms with Gasteiger partial charge in [0.2, 0.25) is 6.10 Å². The van der Waals surface area contributed by atoms with E-state index < -0.39 is 47.8 Å². The fourth-order valence-electron chi connectivity index (χ4n) is 8.80. The van der Waals surface area contributed by atoms with Crippen LogP contribution >= 0.6 is 0 Å². The minimum atomic E-state index is -1.54. The quantitative estimate of drug-likeness (QED) is 0.0506. The molecule has 0 unspecified atom stereocenters. The highest BCUT2D eigenvalue weighted by Crippen LogP contribution is 2.31. The van der Waals surface area contributed by atoms with Gasteiger partial charge in [0.25, 0.3) is 11.8 Å². The first-order chi connectivity index (χ1) is 33.0. The van der Waals surface area contributed by atoms with Gasteiger partial charge in [-0.25, -0.2) is 24.2 Å². The van der Waals surface area contributed by atoms with Crippen molar-refractivity contribution < 1.29 is 47.8 Å². The molecule has 4 aromatic carbocycles. The second-order valence-electron chi connectivity index (χ2n) is 19.9. The summed E-state index contributed by atoms with van der Waals surface area (Å²) in [6.45, 7) is 13.7. The van der Waals surface area contributed by atoms with Crippen LogP contribution in [-0.4, -0.2) is 118 Å². The number of nitrogens with zero attached hydrogens (tertiary/aromatic N) is 5. The van der Waals surface area contributed by atoms with E-state index in [0.29, 0.717) is 67.2 Å². The lowest BCUT2D eigenvalue weighted by molar-refractivity contribution is -0.187. The van der Waals surface area contributed by atoms with Crippen LogP contribution in [0.25, 0.3) is 0 Å². The Morgan fingerprint density at radius 1 is 0.681 bits per heavy atom. The van der Waals surface area contributed by atoms with Crippen molar-refractivity contribution in [3.8, 4) is 5.75 Å². The first-order valence-corrected chi connectivity index (χ1v) is 23.7. The molecule has 0 saturated carbocycles. The van der Waals surface area contributed by atoms with E-state index in [4.69, 9.17) is 28.8 Å². The summed E-state index contributed by atoms with van der Waals surface area (Å²) >= 11 is 0. The number of hydroxylamine groups is 2. The molecule has 8 rings (SSSR count). The predicted octanol–water partition coefficient (Wildman–Crippen LogP) is 8.05. The highest BCUT2D eigenvalue weighted by atomic mass is 16.7. The number of rotatable bonds is 11. The van der Waals surface area contributed by atoms with Gasteiger partial charge in [-0.1, -0.05) is 78.9 Å². The SMILES string of the molecule is CC(C)(C)OC(=O)N1CCC[C@@H](N=C(N[C@@H]2CCCN(C(=O)OC(C)(C)C)C2)N2Cc3ccc(OC[C@H](ON4C(=O)c5ccccc5C4=O)C(=O)OC(c4ccccc4)c4ccccc4)cc3C2)C1. The maximum atomic E-state index is 14.3. The van der Waals surface area contributed by atoms with Gasteiger partial charge in [0.1, 0.15) is 23.6 Å². The second kappa shape index (κ2) is 20.7. The van der Waals surface area contributed by atoms with Crippen LogP contribution in [0.5, 0.6) is 5.75 Å². The maximum absolute atomic E-state index is 14.3. The molecule has 0 bridgehead atoms. The minimum absolute atomic E-state index is 0.111. The van der Waals surface area contributed by atoms with Gasteiger partial charge in [-0.2, -0.15) is 0 Å². The third-order valence-corrected chi connectivity index (χ3v) is 12.1. The molecule has 2 fully saturated rings. The normalized spacial score (nSPS) is 19.0. The van der Waals surface area contributed by atoms with E-state index in [1.807, 2.05) is 114 Å². The molecule has 364 valence electrons. The summed E-state index contributed by atoms with van der Waals surface area (Å²) in [6.07, 6.45) is 0.0544. The van der Waals surface area contributed by atoms with Gasteiger partial charge in [0.05, 0.1) is 17.2 Å². The average molecular weight is 943 g/mol. The van der Waals surface area contributed by atoms with Gasteiger partial charge in [0.15, 0.2) is 12.1 Å². The van der Waals surface area contributed by atoms with E-state index in [2.05, 4.69) is 10.2 Å². The highest BCUT2D eigenvalue weighted by molar-refractivity contribution is 6.20. The van der Waals surface area contributed by atoms with Crippen molar-refractivity contribution in [2.24, 2.45) is 4.99 Å². The second-order valence-corrected chi connectivity index (χ2v) is 19.9. The Balaban J connectivity index is 1.01. The fourth-order valence-corrected chi connectivity index (χ4v) is 8.80. The van der Waals surface area contributed by atoms with Crippen LogP contribution < -0.4 is 10.1 Å². The molecule has 4 aromatic rings. The number of carbonyl (C=O) groups excluding carboxylic acids is 5. The molecule has 69 heavy (non-hydrogen) atoms. The van der Waals surface area contributed by atoms with E-state index in [1.165, 1.54) is 12.1 Å². The Kier molecular flexibility index (Phi) is 14.6. The van der Waals surface area contributed by atoms with Crippen molar-refractivity contribution in [3.63, 3.8) is 0 Å². The molecule has 1 N–H and O–H groups in total. The standard InChI is InChI=1S/C53H62N6O10/c1-52(2,3)67-50(63)56-27-15-21-39(32-56)54-49(55-40-22-16-28-57(33-40)51(64)68-53(4,5)6)58-30-37-25-26-41(29-38(37)31-58)65-34-44(69-59-46(60)42-23-13-14-24-43(42)47(59)61)48(62)66-45(35-17-9-7-10-18-35)36-19-11-8-12-20-36/h7-14,17-20,23-26,29,39-40,44-45H,15-16,21-22,27-28,30-34H2,1-6H3,(H,54,55)/t39-,40-,44+/m1/s1. The van der Waals surface area contributed by atoms with Crippen LogP contribution in [0, 0.1) is 0 Å². The van der Waals surface area contributed by atoms with Gasteiger partial charge >= 0.3 is 18.2 Å². The summed E-state index contributed by atoms with van der Waals surface area (Å²) in [7, 11) is 0. The molecule has 16 heteroatoms. The first-order valence-electron chi connectivity index (χ1n) is 23.7. The van der Waals surface area contributed by atoms with Crippen molar-refractivity contribution in [3.05, 3.63) is 137 Å². The number of ether oxygens (including phenoxy) is 4. The summed E-state index contributed by atoms with van der Waals surface area (Å²) in [5.74, 6) is -1.16. The number of benzene rings is 4. The van der Waals surface area contributed by atoms with Crippen LogP contribution in [-0.2, 0) is 36.9 Å². The molecule has 4 aliphatic heterocycles. The molecule has 2 saturated heterocycles. The molecule has 4 aliphatic rings. The molecule has 0 aromatic heterocycles. The summed E-state index contributed by atoms with van der Waals surface area (Å²) in [5.41, 5.74) is 2.48. The third-order valence-electron chi connectivity index (χ3n) is 12.1. The van der Waals surface area contributed by atoms with Gasteiger partial charge in [-0.05, 0) is 114 Å². The van der Waals surface area contributed by atoms with Crippen molar-refractivity contribution in [2.75, 3.05) is 32.8 Å². The Bertz CT molecular complexity index is 2470. The van der Waals surface area contributed by atoms with Crippen LogP contribution in [0.2, 0.25) is 0 Å². The minimum Gasteiger partial charge on any atom is -0.490 e. The van der Waals surface area contributed by atoms with Crippen LogP contribution in [0.4, 0.5) is 9.59 Å². The fraction of sp³-hybridized carbons (Fsp3) is 0.434. The number of nitrogens with one attached hydrogen (secondary N) is 1. The third kappa shape index (κ3) is 12.2. The number of imide groups is 1. The van der Waals surface area contributed by atoms with Crippen molar-refractivity contribution in [1.29, 1.82) is 0 Å². The van der Waals surface area contributed by atoms with E-state index >= 15 is 0 Å². The number of esters is 1. The van der Waals surface area contributed by atoms with E-state index in [0.717, 1.165) is 36.8 Å². The van der Waals surface area contributed by atoms with Crippen LogP contribution in [0.3, 0.4) is 0 Å². The Labute approximate surface area is 403 Å². The number of fused-ring (bicyclic) bond motifs is 2. The Hall–Kier alpha value is -6.94. The first kappa shape index (κ1) is 48.5. The topological polar surface area (TPSA) is 169 Å². The van der Waals surface area contributed by atoms with Gasteiger partial charge in [-0.3, -0.25) is 9.59 Å². The number of hydrogen-bond acceptors (Lipinski definition) is 11. The van der Waals surface area contributed by atoms with Crippen molar-refractivity contribution >= 4 is 35.9 Å². The number of aliphatic imine (C=N–C) groups is 1. The molecular weight excluding hydrogens is 881 g/mol. The average Bonchev–Trinajstić information content (AvgIpc) is 3.86. The van der Waals surface area contributed by atoms with Gasteiger partial charge in [0, 0.05) is 45.3 Å². The number of guanidine groups is 1. The zero-order valence-corrected chi connectivity index (χ0v) is 40.2. The zero-order chi connectivity index (χ0) is 48.9. The van der Waals surface area contributed by atoms with E-state index in [1.54, 1.807) is 28.0 Å². The monoisotopic (exact) mass is 942 g/mol. The molecule has 3 atom stereocenters. The van der Waals surface area contributed by atoms with E-state index in [-0.39, 0.29) is 35.4 Å². The summed E-state index contributed by atoms with van der Waals surface area (Å²) in [5, 5.41) is 4.30. The van der Waals surface area contributed by atoms with Crippen molar-refractivity contribution in [1.82, 2.24) is 25.1 Å². The van der Waals surface area contributed by atoms with Gasteiger partial charge in [-0.15, -0.1) is 5.06 Å². The summed E-state index contributed by atoms with van der Waals surface area (Å²) in [6, 6.07) is 30.2. The largest absolute Gasteiger partial charge is 0.490 e. The smallest absolute Gasteiger partial charge is 0.410 e. The molecule has 4 amide bonds. The Morgan fingerprint density at radius 2 is 1.23 bits per heavy atom. The lowest BCUT2D eigenvalue weighted by Crippen LogP contribution is -2.54. The van der Waals surface area contributed by atoms with Crippen LogP contribution in [0.15, 0.2) is 108 Å².